The fourth-order valence-electron chi connectivity index (χ4n) is 1.09. The van der Waals surface area contributed by atoms with Gasteiger partial charge in [0.25, 0.3) is 0 Å². The molecule has 0 aliphatic heterocycles. The topological polar surface area (TPSA) is 42.0 Å². The first-order valence-electron chi connectivity index (χ1n) is 4.13. The summed E-state index contributed by atoms with van der Waals surface area (Å²) in [7, 11) is 0. The van der Waals surface area contributed by atoms with Crippen LogP contribution in [0.5, 0.6) is 0 Å². The lowest BCUT2D eigenvalue weighted by Crippen LogP contribution is -2.15. The van der Waals surface area contributed by atoms with Crippen molar-refractivity contribution in [2.24, 2.45) is 5.92 Å². The number of carbonyl (C=O) groups excluding carboxylic acids is 1. The standard InChI is InChI=1S/C9H9FN2O/c10-7-5-6(7)9(13)12-8-3-1-2-4-11-8/h1-4,6-7H,5H2,(H,11,12,13)/t6-,7+/m0/s1. The second kappa shape index (κ2) is 3.12. The van der Waals surface area contributed by atoms with Gasteiger partial charge in [0.15, 0.2) is 0 Å². The molecule has 1 aromatic heterocycles. The van der Waals surface area contributed by atoms with E-state index in [1.165, 1.54) is 0 Å². The van der Waals surface area contributed by atoms with Crippen molar-refractivity contribution in [1.29, 1.82) is 0 Å². The monoisotopic (exact) mass is 180 g/mol. The summed E-state index contributed by atoms with van der Waals surface area (Å²) < 4.78 is 12.4. The van der Waals surface area contributed by atoms with Gasteiger partial charge in [0.2, 0.25) is 5.91 Å². The Morgan fingerprint density at radius 3 is 2.92 bits per heavy atom. The molecule has 1 saturated carbocycles. The molecule has 68 valence electrons. The summed E-state index contributed by atoms with van der Waals surface area (Å²) in [5, 5.41) is 2.54. The van der Waals surface area contributed by atoms with Crippen LogP contribution >= 0.6 is 0 Å². The number of nitrogens with zero attached hydrogens (tertiary/aromatic N) is 1. The van der Waals surface area contributed by atoms with E-state index in [1.807, 2.05) is 0 Å². The Morgan fingerprint density at radius 1 is 1.62 bits per heavy atom. The van der Waals surface area contributed by atoms with Gasteiger partial charge >= 0.3 is 0 Å². The van der Waals surface area contributed by atoms with Gasteiger partial charge in [-0.25, -0.2) is 9.37 Å². The van der Waals surface area contributed by atoms with Crippen LogP contribution in [-0.4, -0.2) is 17.1 Å². The van der Waals surface area contributed by atoms with Gasteiger partial charge in [-0.15, -0.1) is 0 Å². The third-order valence-electron chi connectivity index (χ3n) is 1.97. The van der Waals surface area contributed by atoms with Gasteiger partial charge in [-0.05, 0) is 18.6 Å². The van der Waals surface area contributed by atoms with E-state index in [1.54, 1.807) is 24.4 Å². The average Bonchev–Trinajstić information content (AvgIpc) is 2.84. The number of alkyl halides is 1. The van der Waals surface area contributed by atoms with Crippen molar-refractivity contribution in [2.45, 2.75) is 12.6 Å². The Labute approximate surface area is 75.0 Å². The average molecular weight is 180 g/mol. The number of hydrogen-bond acceptors (Lipinski definition) is 2. The number of amides is 1. The summed E-state index contributed by atoms with van der Waals surface area (Å²) in [6.07, 6.45) is 0.970. The van der Waals surface area contributed by atoms with Crippen molar-refractivity contribution in [3.05, 3.63) is 24.4 Å². The van der Waals surface area contributed by atoms with Gasteiger partial charge in [0.05, 0.1) is 5.92 Å². The Hall–Kier alpha value is -1.45. The highest BCUT2D eigenvalue weighted by Crippen LogP contribution is 2.34. The zero-order valence-electron chi connectivity index (χ0n) is 6.90. The normalized spacial score (nSPS) is 25.3. The molecule has 1 N–H and O–H groups in total. The van der Waals surface area contributed by atoms with E-state index in [4.69, 9.17) is 0 Å². The summed E-state index contributed by atoms with van der Waals surface area (Å²) in [5.41, 5.74) is 0. The van der Waals surface area contributed by atoms with Crippen LogP contribution in [0.2, 0.25) is 0 Å². The molecule has 0 unspecified atom stereocenters. The van der Waals surface area contributed by atoms with Gasteiger partial charge in [-0.3, -0.25) is 4.79 Å². The molecule has 1 amide bonds. The van der Waals surface area contributed by atoms with E-state index in [0.717, 1.165) is 0 Å². The van der Waals surface area contributed by atoms with Crippen LogP contribution in [0.3, 0.4) is 0 Å². The van der Waals surface area contributed by atoms with Crippen LogP contribution in [0.25, 0.3) is 0 Å². The Bertz CT molecular complexity index is 315. The number of nitrogens with one attached hydrogen (secondary N) is 1. The molecule has 0 saturated heterocycles. The third-order valence-corrected chi connectivity index (χ3v) is 1.97. The predicted octanol–water partition coefficient (Wildman–Crippen LogP) is 1.38. The maximum Gasteiger partial charge on any atom is 0.231 e. The maximum absolute atomic E-state index is 12.4. The minimum absolute atomic E-state index is 0.272. The molecule has 2 atom stereocenters. The van der Waals surface area contributed by atoms with Crippen LogP contribution in [-0.2, 0) is 4.79 Å². The molecule has 1 heterocycles. The molecule has 0 radical (unpaired) electrons. The van der Waals surface area contributed by atoms with Crippen molar-refractivity contribution in [1.82, 2.24) is 4.98 Å². The molecule has 13 heavy (non-hydrogen) atoms. The minimum atomic E-state index is -0.955. The Balaban J connectivity index is 1.95. The van der Waals surface area contributed by atoms with Crippen molar-refractivity contribution in [3.8, 4) is 0 Å². The fourth-order valence-corrected chi connectivity index (χ4v) is 1.09. The number of pyridine rings is 1. The van der Waals surface area contributed by atoms with Gasteiger partial charge in [0.1, 0.15) is 12.0 Å². The molecule has 1 aliphatic rings. The molecule has 1 fully saturated rings. The highest BCUT2D eigenvalue weighted by Gasteiger charge is 2.43. The van der Waals surface area contributed by atoms with E-state index in [2.05, 4.69) is 10.3 Å². The quantitative estimate of drug-likeness (QED) is 0.747. The van der Waals surface area contributed by atoms with Crippen LogP contribution in [0.1, 0.15) is 6.42 Å². The molecule has 4 heteroatoms. The summed E-state index contributed by atoms with van der Waals surface area (Å²) in [4.78, 5) is 15.1. The number of rotatable bonds is 2. The first-order valence-corrected chi connectivity index (χ1v) is 4.13. The second-order valence-electron chi connectivity index (χ2n) is 3.06. The molecule has 2 rings (SSSR count). The SMILES string of the molecule is O=C(Nc1ccccn1)[C@H]1C[C@H]1F. The van der Waals surface area contributed by atoms with Crippen molar-refractivity contribution >= 4 is 11.7 Å². The number of aromatic nitrogens is 1. The number of hydrogen-bond donors (Lipinski definition) is 1. The summed E-state index contributed by atoms with van der Waals surface area (Å²) in [6, 6.07) is 5.20. The van der Waals surface area contributed by atoms with Gasteiger partial charge in [0, 0.05) is 6.20 Å². The molecular formula is C9H9FN2O. The second-order valence-corrected chi connectivity index (χ2v) is 3.06. The molecule has 1 aromatic rings. The summed E-state index contributed by atoms with van der Waals surface area (Å²) in [6.45, 7) is 0. The zero-order chi connectivity index (χ0) is 9.26. The van der Waals surface area contributed by atoms with E-state index in [0.29, 0.717) is 12.2 Å². The highest BCUT2D eigenvalue weighted by atomic mass is 19.1. The van der Waals surface area contributed by atoms with E-state index in [9.17, 15) is 9.18 Å². The molecular weight excluding hydrogens is 171 g/mol. The first-order chi connectivity index (χ1) is 6.27. The third kappa shape index (κ3) is 1.83. The van der Waals surface area contributed by atoms with Crippen LogP contribution in [0.4, 0.5) is 10.2 Å². The van der Waals surface area contributed by atoms with Crippen LogP contribution in [0, 0.1) is 5.92 Å². The largest absolute Gasteiger partial charge is 0.310 e. The molecule has 3 nitrogen and oxygen atoms in total. The number of anilines is 1. The van der Waals surface area contributed by atoms with Gasteiger partial charge in [-0.1, -0.05) is 6.07 Å². The van der Waals surface area contributed by atoms with E-state index in [-0.39, 0.29) is 5.91 Å². The molecule has 0 spiro atoms. The lowest BCUT2D eigenvalue weighted by molar-refractivity contribution is -0.117. The maximum atomic E-state index is 12.4. The van der Waals surface area contributed by atoms with Crippen molar-refractivity contribution in [2.75, 3.05) is 5.32 Å². The van der Waals surface area contributed by atoms with Crippen molar-refractivity contribution in [3.63, 3.8) is 0 Å². The lowest BCUT2D eigenvalue weighted by atomic mass is 10.4. The van der Waals surface area contributed by atoms with Crippen LogP contribution in [0.15, 0.2) is 24.4 Å². The smallest absolute Gasteiger partial charge is 0.231 e. The Kier molecular flexibility index (Phi) is 1.96. The summed E-state index contributed by atoms with van der Waals surface area (Å²) >= 11 is 0. The molecule has 1 aliphatic carbocycles. The van der Waals surface area contributed by atoms with Gasteiger partial charge in [-0.2, -0.15) is 0 Å². The highest BCUT2D eigenvalue weighted by molar-refractivity contribution is 5.93. The Morgan fingerprint density at radius 2 is 2.38 bits per heavy atom. The minimum Gasteiger partial charge on any atom is -0.310 e. The molecule has 0 bridgehead atoms. The lowest BCUT2D eigenvalue weighted by Gasteiger charge is -2.00. The van der Waals surface area contributed by atoms with E-state index >= 15 is 0 Å². The number of halogens is 1. The zero-order valence-corrected chi connectivity index (χ0v) is 6.90. The van der Waals surface area contributed by atoms with Crippen LogP contribution < -0.4 is 5.32 Å². The fraction of sp³-hybridized carbons (Fsp3) is 0.333. The van der Waals surface area contributed by atoms with Crippen molar-refractivity contribution < 1.29 is 9.18 Å². The summed E-state index contributed by atoms with van der Waals surface area (Å²) in [5.74, 6) is -0.250. The van der Waals surface area contributed by atoms with Gasteiger partial charge < -0.3 is 5.32 Å². The van der Waals surface area contributed by atoms with E-state index < -0.39 is 12.1 Å². The molecule has 0 aromatic carbocycles. The predicted molar refractivity (Wildman–Crippen MR) is 45.9 cm³/mol. The number of carbonyl (C=O) groups is 1. The first kappa shape index (κ1) is 8.16.